The Hall–Kier alpha value is -1.15. The molecule has 0 aliphatic heterocycles. The summed E-state index contributed by atoms with van der Waals surface area (Å²) < 4.78 is 22.7. The van der Waals surface area contributed by atoms with Gasteiger partial charge in [0.2, 0.25) is 0 Å². The highest BCUT2D eigenvalue weighted by Gasteiger charge is 1.95. The quantitative estimate of drug-likeness (QED) is 0.534. The van der Waals surface area contributed by atoms with Crippen molar-refractivity contribution >= 4 is 5.82 Å². The number of anilines is 1. The molecule has 0 aromatic carbocycles. The van der Waals surface area contributed by atoms with Crippen molar-refractivity contribution in [2.24, 2.45) is 0 Å². The molecule has 1 aromatic rings. The van der Waals surface area contributed by atoms with Crippen molar-refractivity contribution in [3.05, 3.63) is 12.3 Å². The van der Waals surface area contributed by atoms with Crippen LogP contribution in [0.3, 0.4) is 0 Å². The zero-order valence-electron chi connectivity index (χ0n) is 12.1. The number of nitrogen functional groups attached to an aromatic ring is 1. The Balaban J connectivity index is 1.76. The summed E-state index contributed by atoms with van der Waals surface area (Å²) in [7, 11) is 1.65. The molecule has 0 unspecified atom stereocenters. The maximum Gasteiger partial charge on any atom is 0.145 e. The van der Waals surface area contributed by atoms with Crippen LogP contribution in [0, 0.1) is 0 Å². The molecule has 0 amide bonds. The molecule has 1 rings (SSSR count). The first kappa shape index (κ1) is 16.9. The van der Waals surface area contributed by atoms with Crippen molar-refractivity contribution in [2.75, 3.05) is 59.1 Å². The van der Waals surface area contributed by atoms with E-state index in [4.69, 9.17) is 24.7 Å². The van der Waals surface area contributed by atoms with Gasteiger partial charge in [0.25, 0.3) is 0 Å². The second-order valence-electron chi connectivity index (χ2n) is 4.19. The van der Waals surface area contributed by atoms with Gasteiger partial charge in [0.15, 0.2) is 0 Å². The highest BCUT2D eigenvalue weighted by Crippen LogP contribution is 1.97. The average Bonchev–Trinajstić information content (AvgIpc) is 2.86. The Morgan fingerprint density at radius 1 is 1.00 bits per heavy atom. The van der Waals surface area contributed by atoms with Gasteiger partial charge in [-0.05, 0) is 12.5 Å². The van der Waals surface area contributed by atoms with Crippen molar-refractivity contribution in [3.63, 3.8) is 0 Å². The van der Waals surface area contributed by atoms with E-state index in [-0.39, 0.29) is 0 Å². The molecule has 7 nitrogen and oxygen atoms in total. The van der Waals surface area contributed by atoms with Gasteiger partial charge < -0.3 is 24.7 Å². The number of aryl methyl sites for hydroxylation is 1. The van der Waals surface area contributed by atoms with Crippen LogP contribution in [0.4, 0.5) is 5.82 Å². The molecular formula is C13H25N3O4. The van der Waals surface area contributed by atoms with Crippen molar-refractivity contribution < 1.29 is 18.9 Å². The van der Waals surface area contributed by atoms with Gasteiger partial charge in [0, 0.05) is 26.5 Å². The third-order valence-electron chi connectivity index (χ3n) is 2.51. The molecule has 0 aliphatic rings. The van der Waals surface area contributed by atoms with Crippen LogP contribution in [-0.4, -0.2) is 63.1 Å². The zero-order chi connectivity index (χ0) is 14.5. The Labute approximate surface area is 119 Å². The summed E-state index contributed by atoms with van der Waals surface area (Å²) in [6, 6.07) is 1.78. The van der Waals surface area contributed by atoms with Crippen LogP contribution in [0.2, 0.25) is 0 Å². The van der Waals surface area contributed by atoms with Gasteiger partial charge in [0.1, 0.15) is 5.82 Å². The van der Waals surface area contributed by atoms with Gasteiger partial charge in [-0.2, -0.15) is 5.10 Å². The minimum Gasteiger partial charge on any atom is -0.382 e. The molecule has 0 spiro atoms. The summed E-state index contributed by atoms with van der Waals surface area (Å²) in [5.74, 6) is 0.548. The fourth-order valence-electron chi connectivity index (χ4n) is 1.51. The predicted octanol–water partition coefficient (Wildman–Crippen LogP) is 0.552. The third-order valence-corrected chi connectivity index (χ3v) is 2.51. The number of nitrogens with zero attached hydrogens (tertiary/aromatic N) is 2. The predicted molar refractivity (Wildman–Crippen MR) is 75.6 cm³/mol. The summed E-state index contributed by atoms with van der Waals surface area (Å²) in [5.41, 5.74) is 5.52. The van der Waals surface area contributed by atoms with Crippen LogP contribution in [0.25, 0.3) is 0 Å². The lowest BCUT2D eigenvalue weighted by molar-refractivity contribution is 0.00305. The molecule has 2 N–H and O–H groups in total. The van der Waals surface area contributed by atoms with E-state index in [0.29, 0.717) is 52.1 Å². The minimum atomic E-state index is 0.548. The monoisotopic (exact) mass is 287 g/mol. The Morgan fingerprint density at radius 3 is 2.15 bits per heavy atom. The first-order valence-electron chi connectivity index (χ1n) is 6.84. The van der Waals surface area contributed by atoms with Crippen molar-refractivity contribution in [2.45, 2.75) is 13.0 Å². The molecule has 0 radical (unpaired) electrons. The molecule has 20 heavy (non-hydrogen) atoms. The van der Waals surface area contributed by atoms with Crippen LogP contribution < -0.4 is 5.73 Å². The van der Waals surface area contributed by atoms with Gasteiger partial charge in [0.05, 0.1) is 39.6 Å². The SMILES string of the molecule is COCCOCCOCCOCCCn1ccc(N)n1. The van der Waals surface area contributed by atoms with E-state index < -0.39 is 0 Å². The summed E-state index contributed by atoms with van der Waals surface area (Å²) in [6.07, 6.45) is 2.77. The number of aromatic nitrogens is 2. The van der Waals surface area contributed by atoms with Crippen molar-refractivity contribution in [1.29, 1.82) is 0 Å². The fraction of sp³-hybridized carbons (Fsp3) is 0.769. The lowest BCUT2D eigenvalue weighted by Crippen LogP contribution is -2.12. The van der Waals surface area contributed by atoms with Crippen molar-refractivity contribution in [1.82, 2.24) is 9.78 Å². The molecule has 0 atom stereocenters. The van der Waals surface area contributed by atoms with E-state index >= 15 is 0 Å². The normalized spacial score (nSPS) is 11.1. The number of nitrogens with two attached hydrogens (primary N) is 1. The van der Waals surface area contributed by atoms with Crippen LogP contribution in [-0.2, 0) is 25.5 Å². The second-order valence-corrected chi connectivity index (χ2v) is 4.19. The molecule has 7 heteroatoms. The van der Waals surface area contributed by atoms with Gasteiger partial charge in [-0.3, -0.25) is 4.68 Å². The summed E-state index contributed by atoms with van der Waals surface area (Å²) in [6.45, 7) is 5.07. The Bertz CT molecular complexity index is 333. The molecule has 116 valence electrons. The molecular weight excluding hydrogens is 262 g/mol. The molecule has 0 bridgehead atoms. The highest BCUT2D eigenvalue weighted by molar-refractivity contribution is 5.23. The van der Waals surface area contributed by atoms with Crippen LogP contribution in [0.1, 0.15) is 6.42 Å². The number of methoxy groups -OCH3 is 1. The van der Waals surface area contributed by atoms with E-state index in [1.165, 1.54) is 0 Å². The molecule has 0 fully saturated rings. The minimum absolute atomic E-state index is 0.548. The first-order valence-corrected chi connectivity index (χ1v) is 6.84. The Kier molecular flexibility index (Phi) is 9.85. The van der Waals surface area contributed by atoms with Crippen LogP contribution >= 0.6 is 0 Å². The third kappa shape index (κ3) is 8.87. The lowest BCUT2D eigenvalue weighted by atomic mass is 10.4. The zero-order valence-corrected chi connectivity index (χ0v) is 12.1. The van der Waals surface area contributed by atoms with Gasteiger partial charge in [-0.25, -0.2) is 0 Å². The molecule has 0 aliphatic carbocycles. The van der Waals surface area contributed by atoms with Gasteiger partial charge >= 0.3 is 0 Å². The maximum absolute atomic E-state index is 5.52. The fourth-order valence-corrected chi connectivity index (χ4v) is 1.51. The van der Waals surface area contributed by atoms with E-state index in [1.54, 1.807) is 13.2 Å². The van der Waals surface area contributed by atoms with E-state index in [9.17, 15) is 0 Å². The lowest BCUT2D eigenvalue weighted by Gasteiger charge is -2.06. The van der Waals surface area contributed by atoms with Crippen LogP contribution in [0.15, 0.2) is 12.3 Å². The van der Waals surface area contributed by atoms with Gasteiger partial charge in [-0.15, -0.1) is 0 Å². The molecule has 1 heterocycles. The van der Waals surface area contributed by atoms with E-state index in [1.807, 2.05) is 10.9 Å². The van der Waals surface area contributed by atoms with E-state index in [2.05, 4.69) is 5.10 Å². The average molecular weight is 287 g/mol. The van der Waals surface area contributed by atoms with E-state index in [0.717, 1.165) is 13.0 Å². The van der Waals surface area contributed by atoms with Crippen molar-refractivity contribution in [3.8, 4) is 0 Å². The smallest absolute Gasteiger partial charge is 0.145 e. The number of ether oxygens (including phenoxy) is 4. The largest absolute Gasteiger partial charge is 0.382 e. The number of rotatable bonds is 13. The topological polar surface area (TPSA) is 80.8 Å². The van der Waals surface area contributed by atoms with Crippen LogP contribution in [0.5, 0.6) is 0 Å². The summed E-state index contributed by atoms with van der Waals surface area (Å²) in [4.78, 5) is 0. The molecule has 1 aromatic heterocycles. The second kappa shape index (κ2) is 11.7. The summed E-state index contributed by atoms with van der Waals surface area (Å²) in [5, 5.41) is 4.09. The maximum atomic E-state index is 5.52. The highest BCUT2D eigenvalue weighted by atomic mass is 16.6. The van der Waals surface area contributed by atoms with Gasteiger partial charge in [-0.1, -0.05) is 0 Å². The Morgan fingerprint density at radius 2 is 1.60 bits per heavy atom. The molecule has 0 saturated heterocycles. The number of hydrogen-bond acceptors (Lipinski definition) is 6. The summed E-state index contributed by atoms with van der Waals surface area (Å²) >= 11 is 0. The molecule has 0 saturated carbocycles. The first-order chi connectivity index (χ1) is 9.83. The standard InChI is InChI=1S/C13H25N3O4/c1-17-7-8-19-11-12-20-10-9-18-6-2-4-16-5-3-13(14)15-16/h3,5H,2,4,6-12H2,1H3,(H2,14,15). The number of hydrogen-bond donors (Lipinski definition) is 1.